The first-order valence-corrected chi connectivity index (χ1v) is 11.5. The van der Waals surface area contributed by atoms with Gasteiger partial charge in [-0.3, -0.25) is 9.52 Å². The van der Waals surface area contributed by atoms with Crippen molar-refractivity contribution in [1.82, 2.24) is 14.7 Å². The molecule has 29 heavy (non-hydrogen) atoms. The Morgan fingerprint density at radius 2 is 2.21 bits per heavy atom. The maximum Gasteiger partial charge on any atom is 0.268 e. The topological polar surface area (TPSA) is 76.6 Å². The van der Waals surface area contributed by atoms with Gasteiger partial charge in [0.25, 0.3) is 5.91 Å². The van der Waals surface area contributed by atoms with Crippen LogP contribution in [0.3, 0.4) is 0 Å². The molecule has 1 atom stereocenters. The van der Waals surface area contributed by atoms with E-state index in [1.54, 1.807) is 6.20 Å². The lowest BCUT2D eigenvalue weighted by Gasteiger charge is -2.26. The number of amides is 1. The Labute approximate surface area is 177 Å². The van der Waals surface area contributed by atoms with E-state index in [0.29, 0.717) is 36.5 Å². The number of nitrogens with one attached hydrogen (secondary N) is 1. The standard InChI is InChI=1S/C21H32N4O3S/c1-16(6-3-4-7-17-8-5-9-17)15-29-24-19(26)18-14-22-21(23-20(18)27-2)25-10-12-28-13-11-25/h3-4,14,16-17H,5-13,15H2,1-2H3,(H,24,26)/b4-3+/t16-/m0/s1. The SMILES string of the molecule is COc1nc(N2CCOCC2)ncc1C(=O)NSC[C@@H](C)C/C=C/CC1CCC1. The molecule has 0 unspecified atom stereocenters. The molecule has 0 spiro atoms. The number of carbonyl (C=O) groups excluding carboxylic acids is 1. The number of morpholine rings is 1. The third-order valence-electron chi connectivity index (χ3n) is 5.40. The van der Waals surface area contributed by atoms with Crippen molar-refractivity contribution in [3.8, 4) is 5.88 Å². The molecule has 1 aromatic rings. The molecular formula is C21H32N4O3S. The Kier molecular flexibility index (Phi) is 8.61. The van der Waals surface area contributed by atoms with Gasteiger partial charge in [-0.05, 0) is 36.6 Å². The van der Waals surface area contributed by atoms with Crippen LogP contribution in [0.5, 0.6) is 5.88 Å². The quantitative estimate of drug-likeness (QED) is 0.459. The van der Waals surface area contributed by atoms with E-state index < -0.39 is 0 Å². The van der Waals surface area contributed by atoms with Crippen LogP contribution < -0.4 is 14.4 Å². The van der Waals surface area contributed by atoms with Gasteiger partial charge in [0, 0.05) is 25.0 Å². The molecule has 160 valence electrons. The second kappa shape index (κ2) is 11.4. The van der Waals surface area contributed by atoms with E-state index in [2.05, 4.69) is 33.8 Å². The zero-order valence-corrected chi connectivity index (χ0v) is 18.2. The van der Waals surface area contributed by atoms with Gasteiger partial charge in [0.05, 0.1) is 20.3 Å². The van der Waals surface area contributed by atoms with Gasteiger partial charge in [0.2, 0.25) is 11.8 Å². The summed E-state index contributed by atoms with van der Waals surface area (Å²) in [5, 5.41) is 0. The lowest BCUT2D eigenvalue weighted by atomic mass is 9.83. The fourth-order valence-corrected chi connectivity index (χ4v) is 4.05. The molecule has 2 heterocycles. The van der Waals surface area contributed by atoms with Crippen molar-refractivity contribution >= 4 is 23.8 Å². The van der Waals surface area contributed by atoms with Gasteiger partial charge in [0.1, 0.15) is 5.56 Å². The molecule has 7 nitrogen and oxygen atoms in total. The number of rotatable bonds is 10. The van der Waals surface area contributed by atoms with E-state index in [-0.39, 0.29) is 5.91 Å². The summed E-state index contributed by atoms with van der Waals surface area (Å²) in [6.07, 6.45) is 12.6. The highest BCUT2D eigenvalue weighted by molar-refractivity contribution is 7.97. The van der Waals surface area contributed by atoms with Crippen molar-refractivity contribution in [2.24, 2.45) is 11.8 Å². The molecule has 1 aliphatic carbocycles. The van der Waals surface area contributed by atoms with Gasteiger partial charge in [0.15, 0.2) is 0 Å². The minimum atomic E-state index is -0.229. The van der Waals surface area contributed by atoms with Crippen molar-refractivity contribution in [3.63, 3.8) is 0 Å². The van der Waals surface area contributed by atoms with E-state index in [4.69, 9.17) is 9.47 Å². The fraction of sp³-hybridized carbons (Fsp3) is 0.667. The monoisotopic (exact) mass is 420 g/mol. The average Bonchev–Trinajstić information content (AvgIpc) is 2.72. The molecule has 2 fully saturated rings. The lowest BCUT2D eigenvalue weighted by molar-refractivity contribution is 0.0980. The predicted octanol–water partition coefficient (Wildman–Crippen LogP) is 3.47. The van der Waals surface area contributed by atoms with Crippen molar-refractivity contribution < 1.29 is 14.3 Å². The van der Waals surface area contributed by atoms with Crippen LogP contribution in [0.1, 0.15) is 49.4 Å². The Bertz CT molecular complexity index is 691. The normalized spacial score (nSPS) is 18.5. The number of anilines is 1. The number of hydrogen-bond acceptors (Lipinski definition) is 7. The van der Waals surface area contributed by atoms with Gasteiger partial charge in [-0.15, -0.1) is 0 Å². The second-order valence-electron chi connectivity index (χ2n) is 7.78. The number of ether oxygens (including phenoxy) is 2. The minimum Gasteiger partial charge on any atom is -0.480 e. The number of methoxy groups -OCH3 is 1. The average molecular weight is 421 g/mol. The number of nitrogens with zero attached hydrogens (tertiary/aromatic N) is 3. The minimum absolute atomic E-state index is 0.229. The van der Waals surface area contributed by atoms with E-state index in [1.807, 2.05) is 4.90 Å². The van der Waals surface area contributed by atoms with Crippen LogP contribution in [0.4, 0.5) is 5.95 Å². The summed E-state index contributed by atoms with van der Waals surface area (Å²) in [5.74, 6) is 2.91. The Hall–Kier alpha value is -1.80. The summed E-state index contributed by atoms with van der Waals surface area (Å²) >= 11 is 1.42. The first-order chi connectivity index (χ1) is 14.2. The predicted molar refractivity (Wildman–Crippen MR) is 116 cm³/mol. The van der Waals surface area contributed by atoms with Gasteiger partial charge in [-0.2, -0.15) is 4.98 Å². The molecule has 0 aromatic carbocycles. The summed E-state index contributed by atoms with van der Waals surface area (Å²) in [7, 11) is 1.52. The summed E-state index contributed by atoms with van der Waals surface area (Å²) in [4.78, 5) is 23.3. The molecule has 2 aliphatic rings. The second-order valence-corrected chi connectivity index (χ2v) is 8.61. The van der Waals surface area contributed by atoms with Crippen molar-refractivity contribution in [2.75, 3.05) is 44.1 Å². The summed E-state index contributed by atoms with van der Waals surface area (Å²) in [6.45, 7) is 4.97. The highest BCUT2D eigenvalue weighted by Crippen LogP contribution is 2.29. The molecule has 1 saturated carbocycles. The molecule has 1 aliphatic heterocycles. The van der Waals surface area contributed by atoms with Crippen molar-refractivity contribution in [3.05, 3.63) is 23.9 Å². The maximum absolute atomic E-state index is 12.5. The molecule has 1 saturated heterocycles. The van der Waals surface area contributed by atoms with Crippen LogP contribution >= 0.6 is 11.9 Å². The van der Waals surface area contributed by atoms with Crippen LogP contribution in [-0.4, -0.2) is 55.0 Å². The highest BCUT2D eigenvalue weighted by Gasteiger charge is 2.20. The van der Waals surface area contributed by atoms with E-state index in [9.17, 15) is 4.79 Å². The van der Waals surface area contributed by atoms with Crippen LogP contribution in [0, 0.1) is 11.8 Å². The molecule has 1 aromatic heterocycles. The zero-order chi connectivity index (χ0) is 20.5. The van der Waals surface area contributed by atoms with E-state index in [1.165, 1.54) is 44.7 Å². The smallest absolute Gasteiger partial charge is 0.268 e. The van der Waals surface area contributed by atoms with Gasteiger partial charge in [-0.25, -0.2) is 4.98 Å². The Balaban J connectivity index is 1.43. The summed E-state index contributed by atoms with van der Waals surface area (Å²) in [5.41, 5.74) is 0.352. The van der Waals surface area contributed by atoms with Gasteiger partial charge >= 0.3 is 0 Å². The van der Waals surface area contributed by atoms with Gasteiger partial charge in [-0.1, -0.05) is 38.3 Å². The molecule has 1 amide bonds. The van der Waals surface area contributed by atoms with Crippen LogP contribution in [0.25, 0.3) is 0 Å². The summed E-state index contributed by atoms with van der Waals surface area (Å²) < 4.78 is 13.6. The number of carbonyl (C=O) groups is 1. The third-order valence-corrected chi connectivity index (χ3v) is 6.47. The van der Waals surface area contributed by atoms with Crippen LogP contribution in [0.2, 0.25) is 0 Å². The molecule has 0 bridgehead atoms. The number of allylic oxidation sites excluding steroid dienone is 2. The van der Waals surface area contributed by atoms with Crippen LogP contribution in [0.15, 0.2) is 18.3 Å². The maximum atomic E-state index is 12.5. The largest absolute Gasteiger partial charge is 0.480 e. The van der Waals surface area contributed by atoms with Crippen molar-refractivity contribution in [1.29, 1.82) is 0 Å². The molecule has 0 radical (unpaired) electrons. The summed E-state index contributed by atoms with van der Waals surface area (Å²) in [6, 6.07) is 0. The third kappa shape index (κ3) is 6.60. The Morgan fingerprint density at radius 3 is 2.90 bits per heavy atom. The van der Waals surface area contributed by atoms with Crippen LogP contribution in [-0.2, 0) is 4.74 Å². The molecule has 3 rings (SSSR count). The molecule has 8 heteroatoms. The number of aromatic nitrogens is 2. The highest BCUT2D eigenvalue weighted by atomic mass is 32.2. The molecular weight excluding hydrogens is 388 g/mol. The van der Waals surface area contributed by atoms with E-state index >= 15 is 0 Å². The lowest BCUT2D eigenvalue weighted by Crippen LogP contribution is -2.37. The fourth-order valence-electron chi connectivity index (χ4n) is 3.30. The number of hydrogen-bond donors (Lipinski definition) is 1. The molecule has 1 N–H and O–H groups in total. The van der Waals surface area contributed by atoms with Gasteiger partial charge < -0.3 is 14.4 Å². The van der Waals surface area contributed by atoms with Crippen molar-refractivity contribution in [2.45, 2.75) is 39.0 Å². The van der Waals surface area contributed by atoms with E-state index in [0.717, 1.165) is 31.2 Å². The first kappa shape index (κ1) is 21.9. The zero-order valence-electron chi connectivity index (χ0n) is 17.4. The Morgan fingerprint density at radius 1 is 1.41 bits per heavy atom. The first-order valence-electron chi connectivity index (χ1n) is 10.5.